The van der Waals surface area contributed by atoms with Crippen LogP contribution < -0.4 is 4.74 Å². The molecule has 0 radical (unpaired) electrons. The van der Waals surface area contributed by atoms with Crippen LogP contribution in [0.5, 0.6) is 11.6 Å². The second kappa shape index (κ2) is 6.90. The van der Waals surface area contributed by atoms with Gasteiger partial charge in [0, 0.05) is 17.4 Å². The van der Waals surface area contributed by atoms with Crippen molar-refractivity contribution in [3.8, 4) is 11.6 Å². The Balaban J connectivity index is 1.71. The predicted octanol–water partition coefficient (Wildman–Crippen LogP) is 5.30. The molecule has 0 unspecified atom stereocenters. The van der Waals surface area contributed by atoms with E-state index in [1.54, 1.807) is 17.9 Å². The van der Waals surface area contributed by atoms with E-state index >= 15 is 0 Å². The van der Waals surface area contributed by atoms with E-state index in [1.807, 2.05) is 54.6 Å². The second-order valence-electron chi connectivity index (χ2n) is 5.87. The molecule has 2 aromatic carbocycles. The van der Waals surface area contributed by atoms with Crippen LogP contribution in [0.1, 0.15) is 16.0 Å². The molecule has 0 fully saturated rings. The minimum atomic E-state index is 0.182. The topological polar surface area (TPSA) is 46.8 Å². The van der Waals surface area contributed by atoms with Gasteiger partial charge in [-0.15, -0.1) is 11.3 Å². The highest BCUT2D eigenvalue weighted by molar-refractivity contribution is 7.73. The SMILES string of the molecule is COc1ccc2c(c1)C(=Cc1sc(=S)n(Cc3ccccc3)c1O)C=N2. The molecule has 0 saturated heterocycles. The molecule has 3 aromatic rings. The van der Waals surface area contributed by atoms with Crippen molar-refractivity contribution in [2.45, 2.75) is 6.54 Å². The fourth-order valence-corrected chi connectivity index (χ4v) is 4.12. The molecule has 6 heteroatoms. The fourth-order valence-electron chi connectivity index (χ4n) is 2.86. The van der Waals surface area contributed by atoms with Crippen LogP contribution in [0.2, 0.25) is 0 Å². The number of allylic oxidation sites excluding steroid dienone is 1. The number of benzene rings is 2. The van der Waals surface area contributed by atoms with Gasteiger partial charge in [-0.05, 0) is 42.1 Å². The number of hydrogen-bond donors (Lipinski definition) is 1. The Labute approximate surface area is 160 Å². The van der Waals surface area contributed by atoms with Crippen LogP contribution in [-0.4, -0.2) is 23.0 Å². The highest BCUT2D eigenvalue weighted by atomic mass is 32.1. The van der Waals surface area contributed by atoms with Gasteiger partial charge in [-0.3, -0.25) is 9.56 Å². The van der Waals surface area contributed by atoms with E-state index < -0.39 is 0 Å². The Morgan fingerprint density at radius 1 is 1.23 bits per heavy atom. The summed E-state index contributed by atoms with van der Waals surface area (Å²) in [5.41, 5.74) is 3.90. The molecule has 4 rings (SSSR count). The smallest absolute Gasteiger partial charge is 0.210 e. The Morgan fingerprint density at radius 2 is 2.04 bits per heavy atom. The van der Waals surface area contributed by atoms with Crippen molar-refractivity contribution >= 4 is 47.1 Å². The molecule has 0 bridgehead atoms. The molecule has 1 aliphatic heterocycles. The number of aliphatic imine (C=N–C) groups is 1. The highest BCUT2D eigenvalue weighted by Crippen LogP contribution is 2.37. The predicted molar refractivity (Wildman–Crippen MR) is 109 cm³/mol. The number of methoxy groups -OCH3 is 1. The lowest BCUT2D eigenvalue weighted by molar-refractivity contribution is 0.415. The maximum absolute atomic E-state index is 10.7. The van der Waals surface area contributed by atoms with E-state index in [2.05, 4.69) is 4.99 Å². The Bertz CT molecular complexity index is 1080. The number of ether oxygens (including phenoxy) is 1. The quantitative estimate of drug-likeness (QED) is 0.625. The first kappa shape index (κ1) is 16.8. The summed E-state index contributed by atoms with van der Waals surface area (Å²) < 4.78 is 7.69. The molecular formula is C20H16N2O2S2. The van der Waals surface area contributed by atoms with Crippen molar-refractivity contribution in [1.82, 2.24) is 4.57 Å². The number of nitrogens with zero attached hydrogens (tertiary/aromatic N) is 2. The normalized spacial score (nSPS) is 14.0. The molecule has 0 spiro atoms. The molecule has 1 N–H and O–H groups in total. The van der Waals surface area contributed by atoms with Gasteiger partial charge in [0.25, 0.3) is 0 Å². The zero-order valence-electron chi connectivity index (χ0n) is 14.0. The minimum absolute atomic E-state index is 0.182. The molecule has 26 heavy (non-hydrogen) atoms. The highest BCUT2D eigenvalue weighted by Gasteiger charge is 2.16. The van der Waals surface area contributed by atoms with Crippen molar-refractivity contribution in [3.05, 3.63) is 68.5 Å². The largest absolute Gasteiger partial charge is 0.497 e. The number of fused-ring (bicyclic) bond motifs is 1. The van der Waals surface area contributed by atoms with E-state index in [4.69, 9.17) is 17.0 Å². The molecular weight excluding hydrogens is 364 g/mol. The molecule has 0 aliphatic carbocycles. The van der Waals surface area contributed by atoms with Crippen molar-refractivity contribution in [3.63, 3.8) is 0 Å². The molecule has 0 atom stereocenters. The molecule has 4 nitrogen and oxygen atoms in total. The molecule has 130 valence electrons. The van der Waals surface area contributed by atoms with E-state index in [0.717, 1.165) is 33.0 Å². The van der Waals surface area contributed by atoms with Gasteiger partial charge in [-0.1, -0.05) is 30.3 Å². The first-order valence-electron chi connectivity index (χ1n) is 8.06. The second-order valence-corrected chi connectivity index (χ2v) is 7.54. The van der Waals surface area contributed by atoms with Gasteiger partial charge in [0.1, 0.15) is 5.75 Å². The summed E-state index contributed by atoms with van der Waals surface area (Å²) in [7, 11) is 1.64. The monoisotopic (exact) mass is 380 g/mol. The first-order valence-corrected chi connectivity index (χ1v) is 9.29. The Hall–Kier alpha value is -2.70. The summed E-state index contributed by atoms with van der Waals surface area (Å²) >= 11 is 6.85. The zero-order chi connectivity index (χ0) is 18.1. The first-order chi connectivity index (χ1) is 12.7. The van der Waals surface area contributed by atoms with Gasteiger partial charge >= 0.3 is 0 Å². The number of rotatable bonds is 4. The van der Waals surface area contributed by atoms with E-state index in [0.29, 0.717) is 10.5 Å². The lowest BCUT2D eigenvalue weighted by Gasteiger charge is -2.05. The van der Waals surface area contributed by atoms with Crippen LogP contribution >= 0.6 is 23.6 Å². The third kappa shape index (κ3) is 3.09. The van der Waals surface area contributed by atoms with Crippen LogP contribution in [0.4, 0.5) is 5.69 Å². The molecule has 1 aliphatic rings. The molecule has 0 amide bonds. The zero-order valence-corrected chi connectivity index (χ0v) is 15.7. The van der Waals surface area contributed by atoms with E-state index in [9.17, 15) is 5.11 Å². The van der Waals surface area contributed by atoms with E-state index in [-0.39, 0.29) is 5.88 Å². The van der Waals surface area contributed by atoms with Gasteiger partial charge in [-0.25, -0.2) is 0 Å². The average molecular weight is 380 g/mol. The summed E-state index contributed by atoms with van der Waals surface area (Å²) in [6, 6.07) is 15.7. The molecule has 2 heterocycles. The van der Waals surface area contributed by atoms with Crippen LogP contribution in [-0.2, 0) is 6.54 Å². The maximum Gasteiger partial charge on any atom is 0.210 e. The number of hydrogen-bond acceptors (Lipinski definition) is 5. The summed E-state index contributed by atoms with van der Waals surface area (Å²) in [5, 5.41) is 10.7. The standard InChI is InChI=1S/C20H16N2O2S2/c1-24-15-7-8-17-16(10-15)14(11-21-17)9-18-19(23)22(20(25)26-18)12-13-5-3-2-4-6-13/h2-11,23H,12H2,1H3. The third-order valence-corrected chi connectivity index (χ3v) is 5.61. The summed E-state index contributed by atoms with van der Waals surface area (Å²) in [6.07, 6.45) is 3.72. The van der Waals surface area contributed by atoms with Crippen molar-refractivity contribution in [2.24, 2.45) is 4.99 Å². The van der Waals surface area contributed by atoms with Crippen LogP contribution in [0.25, 0.3) is 11.6 Å². The van der Waals surface area contributed by atoms with Gasteiger partial charge in [-0.2, -0.15) is 0 Å². The maximum atomic E-state index is 10.7. The summed E-state index contributed by atoms with van der Waals surface area (Å²) in [5.74, 6) is 0.958. The van der Waals surface area contributed by atoms with Gasteiger partial charge in [0.05, 0.1) is 24.2 Å². The van der Waals surface area contributed by atoms with Crippen LogP contribution in [0.15, 0.2) is 53.5 Å². The third-order valence-electron chi connectivity index (χ3n) is 4.22. The summed E-state index contributed by atoms with van der Waals surface area (Å²) in [6.45, 7) is 0.545. The number of thiazole rings is 1. The Kier molecular flexibility index (Phi) is 4.44. The van der Waals surface area contributed by atoms with Gasteiger partial charge in [0.15, 0.2) is 3.95 Å². The fraction of sp³-hybridized carbons (Fsp3) is 0.100. The minimum Gasteiger partial charge on any atom is -0.497 e. The molecule has 1 aromatic heterocycles. The van der Waals surface area contributed by atoms with Crippen molar-refractivity contribution < 1.29 is 9.84 Å². The lowest BCUT2D eigenvalue weighted by atomic mass is 10.1. The van der Waals surface area contributed by atoms with Gasteiger partial charge < -0.3 is 9.84 Å². The Morgan fingerprint density at radius 3 is 2.81 bits per heavy atom. The molecule has 0 saturated carbocycles. The average Bonchev–Trinajstić information content (AvgIpc) is 3.18. The van der Waals surface area contributed by atoms with Gasteiger partial charge in [0.2, 0.25) is 5.88 Å². The summed E-state index contributed by atoms with van der Waals surface area (Å²) in [4.78, 5) is 5.15. The van der Waals surface area contributed by atoms with Crippen molar-refractivity contribution in [2.75, 3.05) is 7.11 Å². The van der Waals surface area contributed by atoms with E-state index in [1.165, 1.54) is 11.3 Å². The number of aromatic hydroxyl groups is 1. The van der Waals surface area contributed by atoms with Crippen LogP contribution in [0, 0.1) is 3.95 Å². The van der Waals surface area contributed by atoms with Crippen LogP contribution in [0.3, 0.4) is 0 Å². The lowest BCUT2D eigenvalue weighted by Crippen LogP contribution is -1.98. The number of aromatic nitrogens is 1. The van der Waals surface area contributed by atoms with Crippen molar-refractivity contribution in [1.29, 1.82) is 0 Å².